The molecule has 0 saturated carbocycles. The fraction of sp³-hybridized carbons (Fsp3) is 0.206. The third kappa shape index (κ3) is 5.17. The van der Waals surface area contributed by atoms with Crippen LogP contribution in [0.3, 0.4) is 0 Å². The molecule has 1 aliphatic carbocycles. The highest BCUT2D eigenvalue weighted by Gasteiger charge is 2.37. The molecule has 3 atom stereocenters. The number of allylic oxidation sites excluding steroid dienone is 2. The zero-order valence-corrected chi connectivity index (χ0v) is 22.1. The first-order valence-electron chi connectivity index (χ1n) is 13.3. The minimum atomic E-state index is -0.287. The van der Waals surface area contributed by atoms with Gasteiger partial charge in [0.1, 0.15) is 12.4 Å². The Labute approximate surface area is 228 Å². The van der Waals surface area contributed by atoms with Gasteiger partial charge in [0.15, 0.2) is 11.5 Å². The molecule has 1 aliphatic heterocycles. The second-order valence-corrected chi connectivity index (χ2v) is 10.2. The highest BCUT2D eigenvalue weighted by molar-refractivity contribution is 5.83. The molecular formula is C34H31FN2O2. The van der Waals surface area contributed by atoms with Crippen molar-refractivity contribution in [3.8, 4) is 11.5 Å². The maximum absolute atomic E-state index is 13.9. The molecule has 0 aromatic heterocycles. The van der Waals surface area contributed by atoms with Crippen molar-refractivity contribution in [1.82, 2.24) is 0 Å². The van der Waals surface area contributed by atoms with Crippen LogP contribution in [0.4, 0.5) is 15.8 Å². The fourth-order valence-corrected chi connectivity index (χ4v) is 5.62. The highest BCUT2D eigenvalue weighted by atomic mass is 19.1. The lowest BCUT2D eigenvalue weighted by atomic mass is 9.76. The minimum Gasteiger partial charge on any atom is -0.493 e. The summed E-state index contributed by atoms with van der Waals surface area (Å²) in [5, 5.41) is 3.81. The Bertz CT molecular complexity index is 1540. The zero-order valence-electron chi connectivity index (χ0n) is 22.1. The summed E-state index contributed by atoms with van der Waals surface area (Å²) in [5.74, 6) is 1.81. The van der Waals surface area contributed by atoms with Gasteiger partial charge in [-0.2, -0.15) is 0 Å². The van der Waals surface area contributed by atoms with Crippen molar-refractivity contribution >= 4 is 17.6 Å². The van der Waals surface area contributed by atoms with Crippen LogP contribution in [0.15, 0.2) is 102 Å². The van der Waals surface area contributed by atoms with E-state index in [1.54, 1.807) is 25.3 Å². The first kappa shape index (κ1) is 24.9. The molecule has 1 heterocycles. The van der Waals surface area contributed by atoms with Crippen LogP contribution in [0.5, 0.6) is 11.5 Å². The number of ether oxygens (including phenoxy) is 2. The van der Waals surface area contributed by atoms with Crippen LogP contribution in [0.25, 0.3) is 0 Å². The second kappa shape index (κ2) is 10.8. The van der Waals surface area contributed by atoms with Gasteiger partial charge in [0.2, 0.25) is 0 Å². The summed E-state index contributed by atoms with van der Waals surface area (Å²) >= 11 is 0. The van der Waals surface area contributed by atoms with Crippen LogP contribution < -0.4 is 14.8 Å². The number of rotatable bonds is 7. The number of aliphatic imine (C=N–C) groups is 1. The van der Waals surface area contributed by atoms with Gasteiger partial charge in [-0.05, 0) is 78.4 Å². The average Bonchev–Trinajstić information content (AvgIpc) is 3.46. The third-order valence-electron chi connectivity index (χ3n) is 7.66. The fourth-order valence-electron chi connectivity index (χ4n) is 5.62. The molecule has 0 bridgehead atoms. The maximum Gasteiger partial charge on any atom is 0.161 e. The zero-order chi connectivity index (χ0) is 26.8. The van der Waals surface area contributed by atoms with Crippen molar-refractivity contribution in [1.29, 1.82) is 0 Å². The van der Waals surface area contributed by atoms with Crippen molar-refractivity contribution in [3.05, 3.63) is 131 Å². The Morgan fingerprint density at radius 2 is 1.82 bits per heavy atom. The Kier molecular flexibility index (Phi) is 6.89. The molecule has 4 nitrogen and oxygen atoms in total. The lowest BCUT2D eigenvalue weighted by Crippen LogP contribution is -2.29. The van der Waals surface area contributed by atoms with Crippen molar-refractivity contribution < 1.29 is 13.9 Å². The SMILES string of the molecule is COc1cc(C=Nc2ccc([C@@H]3Nc4ccc(C)cc4[C@H]4C=CC[C@H]43)cc2)ccc1OCc1ccccc1F. The Balaban J connectivity index is 1.15. The van der Waals surface area contributed by atoms with E-state index in [0.29, 0.717) is 28.9 Å². The van der Waals surface area contributed by atoms with Gasteiger partial charge in [0.05, 0.1) is 18.8 Å². The van der Waals surface area contributed by atoms with E-state index in [9.17, 15) is 4.39 Å². The lowest BCUT2D eigenvalue weighted by Gasteiger charge is -2.37. The molecule has 0 amide bonds. The molecule has 196 valence electrons. The van der Waals surface area contributed by atoms with Gasteiger partial charge in [-0.25, -0.2) is 4.39 Å². The van der Waals surface area contributed by atoms with Crippen LogP contribution in [-0.2, 0) is 6.61 Å². The molecule has 0 spiro atoms. The van der Waals surface area contributed by atoms with Gasteiger partial charge in [-0.1, -0.05) is 60.2 Å². The highest BCUT2D eigenvalue weighted by Crippen LogP contribution is 2.50. The summed E-state index contributed by atoms with van der Waals surface area (Å²) in [6, 6.07) is 27.7. The van der Waals surface area contributed by atoms with E-state index < -0.39 is 0 Å². The summed E-state index contributed by atoms with van der Waals surface area (Å²) in [6.07, 6.45) is 7.59. The van der Waals surface area contributed by atoms with Gasteiger partial charge in [0, 0.05) is 23.4 Å². The molecule has 4 aromatic carbocycles. The molecule has 1 N–H and O–H groups in total. The van der Waals surface area contributed by atoms with Crippen LogP contribution >= 0.6 is 0 Å². The number of methoxy groups -OCH3 is 1. The van der Waals surface area contributed by atoms with Crippen LogP contribution in [-0.4, -0.2) is 13.3 Å². The third-order valence-corrected chi connectivity index (χ3v) is 7.66. The van der Waals surface area contributed by atoms with Gasteiger partial charge in [-0.3, -0.25) is 4.99 Å². The number of nitrogens with zero attached hydrogens (tertiary/aromatic N) is 1. The molecule has 2 aliphatic rings. The molecule has 5 heteroatoms. The predicted octanol–water partition coefficient (Wildman–Crippen LogP) is 8.30. The second-order valence-electron chi connectivity index (χ2n) is 10.2. The van der Waals surface area contributed by atoms with E-state index in [1.807, 2.05) is 24.4 Å². The van der Waals surface area contributed by atoms with Gasteiger partial charge in [-0.15, -0.1) is 0 Å². The number of aryl methyl sites for hydroxylation is 1. The number of hydrogen-bond donors (Lipinski definition) is 1. The van der Waals surface area contributed by atoms with E-state index in [-0.39, 0.29) is 18.5 Å². The largest absolute Gasteiger partial charge is 0.493 e. The summed E-state index contributed by atoms with van der Waals surface area (Å²) in [6.45, 7) is 2.29. The summed E-state index contributed by atoms with van der Waals surface area (Å²) in [7, 11) is 1.59. The Morgan fingerprint density at radius 3 is 2.64 bits per heavy atom. The van der Waals surface area contributed by atoms with E-state index in [2.05, 4.69) is 71.8 Å². The molecule has 0 fully saturated rings. The number of benzene rings is 4. The van der Waals surface area contributed by atoms with E-state index in [0.717, 1.165) is 17.7 Å². The molecular weight excluding hydrogens is 487 g/mol. The molecule has 0 saturated heterocycles. The van der Waals surface area contributed by atoms with Gasteiger partial charge >= 0.3 is 0 Å². The number of hydrogen-bond acceptors (Lipinski definition) is 4. The number of anilines is 1. The molecule has 0 unspecified atom stereocenters. The molecule has 39 heavy (non-hydrogen) atoms. The monoisotopic (exact) mass is 518 g/mol. The van der Waals surface area contributed by atoms with Crippen molar-refractivity contribution in [2.75, 3.05) is 12.4 Å². The first-order chi connectivity index (χ1) is 19.1. The Morgan fingerprint density at radius 1 is 0.974 bits per heavy atom. The maximum atomic E-state index is 13.9. The standard InChI is InChI=1S/C34H31FN2O2/c1-22-10-16-31-29(18-22)27-7-5-8-28(27)34(37-31)24-12-14-26(15-13-24)36-20-23-11-17-32(33(19-23)38-2)39-21-25-6-3-4-9-30(25)35/h3-7,9-20,27-28,34,37H,8,21H2,1-2H3/t27-,28+,34-/m0/s1. The number of fused-ring (bicyclic) bond motifs is 3. The minimum absolute atomic E-state index is 0.127. The first-order valence-corrected chi connectivity index (χ1v) is 13.3. The molecule has 0 radical (unpaired) electrons. The summed E-state index contributed by atoms with van der Waals surface area (Å²) in [4.78, 5) is 4.68. The van der Waals surface area contributed by atoms with Crippen molar-refractivity contribution in [3.63, 3.8) is 0 Å². The molecule has 4 aromatic rings. The number of halogens is 1. The smallest absolute Gasteiger partial charge is 0.161 e. The summed E-state index contributed by atoms with van der Waals surface area (Å²) < 4.78 is 25.3. The van der Waals surface area contributed by atoms with E-state index in [4.69, 9.17) is 9.47 Å². The number of nitrogens with one attached hydrogen (secondary N) is 1. The van der Waals surface area contributed by atoms with Crippen LogP contribution in [0.2, 0.25) is 0 Å². The summed E-state index contributed by atoms with van der Waals surface area (Å²) in [5.41, 5.74) is 7.48. The molecule has 6 rings (SSSR count). The van der Waals surface area contributed by atoms with Gasteiger partial charge in [0.25, 0.3) is 0 Å². The van der Waals surface area contributed by atoms with Crippen molar-refractivity contribution in [2.24, 2.45) is 10.9 Å². The van der Waals surface area contributed by atoms with E-state index in [1.165, 1.54) is 28.4 Å². The van der Waals surface area contributed by atoms with Crippen molar-refractivity contribution in [2.45, 2.75) is 31.9 Å². The van der Waals surface area contributed by atoms with Gasteiger partial charge < -0.3 is 14.8 Å². The average molecular weight is 519 g/mol. The van der Waals surface area contributed by atoms with E-state index >= 15 is 0 Å². The Hall–Kier alpha value is -4.38. The lowest BCUT2D eigenvalue weighted by molar-refractivity contribution is 0.279. The topological polar surface area (TPSA) is 42.8 Å². The predicted molar refractivity (Wildman–Crippen MR) is 155 cm³/mol. The normalized spacial score (nSPS) is 19.4. The van der Waals surface area contributed by atoms with Crippen LogP contribution in [0, 0.1) is 18.7 Å². The van der Waals surface area contributed by atoms with Crippen LogP contribution in [0.1, 0.15) is 46.2 Å². The quantitative estimate of drug-likeness (QED) is 0.198.